The van der Waals surface area contributed by atoms with Crippen molar-refractivity contribution < 1.29 is 9.90 Å². The molecule has 0 unspecified atom stereocenters. The van der Waals surface area contributed by atoms with E-state index in [1.54, 1.807) is 7.05 Å². The largest absolute Gasteiger partial charge is 0.480 e. The van der Waals surface area contributed by atoms with Gasteiger partial charge in [0.2, 0.25) is 0 Å². The van der Waals surface area contributed by atoms with Crippen LogP contribution in [0.2, 0.25) is 0 Å². The zero-order valence-corrected chi connectivity index (χ0v) is 10.6. The van der Waals surface area contributed by atoms with Gasteiger partial charge in [0.05, 0.1) is 0 Å². The summed E-state index contributed by atoms with van der Waals surface area (Å²) >= 11 is 3.38. The zero-order chi connectivity index (χ0) is 10.6. The first kappa shape index (κ1) is 14.4. The number of rotatable bonds is 4. The molecule has 3 nitrogen and oxygen atoms in total. The lowest BCUT2D eigenvalue weighted by atomic mass is 10.1. The van der Waals surface area contributed by atoms with Crippen molar-refractivity contribution in [3.63, 3.8) is 0 Å². The fraction of sp³-hybridized carbons (Fsp3) is 0.300. The molecule has 0 amide bonds. The van der Waals surface area contributed by atoms with E-state index in [-0.39, 0.29) is 12.4 Å². The van der Waals surface area contributed by atoms with E-state index in [0.717, 1.165) is 10.0 Å². The van der Waals surface area contributed by atoms with E-state index in [1.165, 1.54) is 0 Å². The van der Waals surface area contributed by atoms with Gasteiger partial charge in [0, 0.05) is 4.47 Å². The Hall–Kier alpha value is -0.580. The van der Waals surface area contributed by atoms with E-state index in [4.69, 9.17) is 5.11 Å². The van der Waals surface area contributed by atoms with Crippen LogP contribution in [0, 0.1) is 0 Å². The number of hydrogen-bond donors (Lipinski definition) is 2. The summed E-state index contributed by atoms with van der Waals surface area (Å²) in [6.45, 7) is 0. The molecule has 5 heteroatoms. The lowest BCUT2D eigenvalue weighted by Crippen LogP contribution is -2.35. The first-order valence-corrected chi connectivity index (χ1v) is 5.08. The van der Waals surface area contributed by atoms with Crippen molar-refractivity contribution in [2.75, 3.05) is 7.05 Å². The summed E-state index contributed by atoms with van der Waals surface area (Å²) in [5.41, 5.74) is 0.995. The summed E-state index contributed by atoms with van der Waals surface area (Å²) in [6.07, 6.45) is 0.479. The van der Waals surface area contributed by atoms with Crippen LogP contribution < -0.4 is 5.32 Å². The van der Waals surface area contributed by atoms with Crippen molar-refractivity contribution in [3.05, 3.63) is 34.3 Å². The Labute approximate surface area is 103 Å². The number of likely N-dealkylation sites (N-methyl/N-ethyl adjacent to an activating group) is 1. The second-order valence-electron chi connectivity index (χ2n) is 2.98. The molecule has 0 aliphatic carbocycles. The van der Waals surface area contributed by atoms with Gasteiger partial charge in [-0.25, -0.2) is 0 Å². The molecule has 1 aromatic carbocycles. The summed E-state index contributed by atoms with van der Waals surface area (Å²) in [7, 11) is 1.65. The molecule has 1 aromatic rings. The molecule has 0 aliphatic rings. The van der Waals surface area contributed by atoms with E-state index in [1.807, 2.05) is 24.3 Å². The molecule has 0 bridgehead atoms. The van der Waals surface area contributed by atoms with Crippen molar-refractivity contribution in [1.29, 1.82) is 0 Å². The minimum atomic E-state index is -0.830. The average Bonchev–Trinajstić information content (AvgIpc) is 2.16. The van der Waals surface area contributed by atoms with Gasteiger partial charge in [0.1, 0.15) is 6.04 Å². The summed E-state index contributed by atoms with van der Waals surface area (Å²) in [5, 5.41) is 11.6. The van der Waals surface area contributed by atoms with Gasteiger partial charge in [-0.3, -0.25) is 4.79 Å². The normalized spacial score (nSPS) is 11.6. The number of nitrogens with one attached hydrogen (secondary N) is 1. The number of aliphatic carboxylic acids is 1. The SMILES string of the molecule is CN[C@H](Cc1ccccc1Br)C(=O)O.Cl. The van der Waals surface area contributed by atoms with Crippen LogP contribution in [0.3, 0.4) is 0 Å². The predicted molar refractivity (Wildman–Crippen MR) is 65.6 cm³/mol. The number of carboxylic acid groups (broad SMARTS) is 1. The molecule has 15 heavy (non-hydrogen) atoms. The summed E-state index contributed by atoms with van der Waals surface area (Å²) in [5.74, 6) is -0.830. The quantitative estimate of drug-likeness (QED) is 0.894. The second kappa shape index (κ2) is 6.82. The molecule has 1 rings (SSSR count). The third-order valence-electron chi connectivity index (χ3n) is 2.03. The van der Waals surface area contributed by atoms with Crippen molar-refractivity contribution in [2.45, 2.75) is 12.5 Å². The Kier molecular flexibility index (Phi) is 6.56. The van der Waals surface area contributed by atoms with Gasteiger partial charge in [-0.2, -0.15) is 0 Å². The first-order valence-electron chi connectivity index (χ1n) is 4.28. The minimum absolute atomic E-state index is 0. The maximum absolute atomic E-state index is 10.8. The fourth-order valence-corrected chi connectivity index (χ4v) is 1.64. The Morgan fingerprint density at radius 1 is 1.53 bits per heavy atom. The van der Waals surface area contributed by atoms with Gasteiger partial charge in [0.25, 0.3) is 0 Å². The molecule has 0 radical (unpaired) electrons. The topological polar surface area (TPSA) is 49.3 Å². The maximum atomic E-state index is 10.8. The van der Waals surface area contributed by atoms with Crippen LogP contribution in [0.25, 0.3) is 0 Å². The second-order valence-corrected chi connectivity index (χ2v) is 3.83. The van der Waals surface area contributed by atoms with Gasteiger partial charge >= 0.3 is 5.97 Å². The monoisotopic (exact) mass is 293 g/mol. The Bertz CT molecular complexity index is 333. The van der Waals surface area contributed by atoms with E-state index in [2.05, 4.69) is 21.2 Å². The molecule has 84 valence electrons. The van der Waals surface area contributed by atoms with E-state index < -0.39 is 12.0 Å². The van der Waals surface area contributed by atoms with Crippen LogP contribution in [0.5, 0.6) is 0 Å². The number of carboxylic acids is 1. The number of carbonyl (C=O) groups is 1. The lowest BCUT2D eigenvalue weighted by molar-refractivity contribution is -0.139. The third-order valence-corrected chi connectivity index (χ3v) is 2.80. The van der Waals surface area contributed by atoms with Gasteiger partial charge in [-0.15, -0.1) is 12.4 Å². The Balaban J connectivity index is 0.00000196. The molecule has 0 saturated heterocycles. The molecule has 1 atom stereocenters. The van der Waals surface area contributed by atoms with Crippen LogP contribution >= 0.6 is 28.3 Å². The molecular weight excluding hydrogens is 281 g/mol. The molecule has 0 saturated carbocycles. The van der Waals surface area contributed by atoms with E-state index in [9.17, 15) is 4.79 Å². The molecule has 0 aromatic heterocycles. The van der Waals surface area contributed by atoms with E-state index >= 15 is 0 Å². The molecule has 0 spiro atoms. The van der Waals surface area contributed by atoms with Gasteiger partial charge in [0.15, 0.2) is 0 Å². The lowest BCUT2D eigenvalue weighted by Gasteiger charge is -2.11. The van der Waals surface area contributed by atoms with Crippen molar-refractivity contribution in [3.8, 4) is 0 Å². The summed E-state index contributed by atoms with van der Waals surface area (Å²) in [4.78, 5) is 10.8. The fourth-order valence-electron chi connectivity index (χ4n) is 1.20. The molecule has 0 fully saturated rings. The molecule has 0 aliphatic heterocycles. The number of hydrogen-bond acceptors (Lipinski definition) is 2. The van der Waals surface area contributed by atoms with Crippen LogP contribution in [0.4, 0.5) is 0 Å². The Morgan fingerprint density at radius 2 is 2.13 bits per heavy atom. The van der Waals surface area contributed by atoms with Gasteiger partial charge in [-0.1, -0.05) is 34.1 Å². The van der Waals surface area contributed by atoms with Crippen LogP contribution in [-0.4, -0.2) is 24.2 Å². The maximum Gasteiger partial charge on any atom is 0.321 e. The van der Waals surface area contributed by atoms with Gasteiger partial charge in [-0.05, 0) is 25.1 Å². The zero-order valence-electron chi connectivity index (χ0n) is 8.24. The highest BCUT2D eigenvalue weighted by Gasteiger charge is 2.16. The van der Waals surface area contributed by atoms with Crippen LogP contribution in [0.1, 0.15) is 5.56 Å². The highest BCUT2D eigenvalue weighted by molar-refractivity contribution is 9.10. The number of halogens is 2. The highest BCUT2D eigenvalue weighted by atomic mass is 79.9. The van der Waals surface area contributed by atoms with Crippen LogP contribution in [0.15, 0.2) is 28.7 Å². The first-order chi connectivity index (χ1) is 6.65. The summed E-state index contributed by atoms with van der Waals surface area (Å²) < 4.78 is 0.946. The standard InChI is InChI=1S/C10H12BrNO2.ClH/c1-12-9(10(13)14)6-7-4-2-3-5-8(7)11;/h2-5,9,12H,6H2,1H3,(H,13,14);1H/t9-;/m1./s1. The van der Waals surface area contributed by atoms with Crippen molar-refractivity contribution in [2.24, 2.45) is 0 Å². The molecule has 0 heterocycles. The number of benzene rings is 1. The van der Waals surface area contributed by atoms with Crippen molar-refractivity contribution >= 4 is 34.3 Å². The van der Waals surface area contributed by atoms with Gasteiger partial charge < -0.3 is 10.4 Å². The average molecular weight is 295 g/mol. The molecule has 2 N–H and O–H groups in total. The van der Waals surface area contributed by atoms with E-state index in [0.29, 0.717) is 6.42 Å². The summed E-state index contributed by atoms with van der Waals surface area (Å²) in [6, 6.07) is 7.09. The third kappa shape index (κ3) is 4.20. The highest BCUT2D eigenvalue weighted by Crippen LogP contribution is 2.17. The molecular formula is C10H13BrClNO2. The minimum Gasteiger partial charge on any atom is -0.480 e. The predicted octanol–water partition coefficient (Wildman–Crippen LogP) is 2.09. The van der Waals surface area contributed by atoms with Crippen LogP contribution in [-0.2, 0) is 11.2 Å². The smallest absolute Gasteiger partial charge is 0.321 e. The van der Waals surface area contributed by atoms with Crippen molar-refractivity contribution in [1.82, 2.24) is 5.32 Å². The Morgan fingerprint density at radius 3 is 2.60 bits per heavy atom.